The van der Waals surface area contributed by atoms with Gasteiger partial charge in [0.05, 0.1) is 20.1 Å². The lowest BCUT2D eigenvalue weighted by atomic mass is 10.1. The highest BCUT2D eigenvalue weighted by molar-refractivity contribution is 5.93. The van der Waals surface area contributed by atoms with Crippen LogP contribution in [0.5, 0.6) is 0 Å². The zero-order chi connectivity index (χ0) is 19.9. The number of ether oxygens (including phenoxy) is 1. The number of anilines is 2. The van der Waals surface area contributed by atoms with Crippen LogP contribution in [0, 0.1) is 0 Å². The third kappa shape index (κ3) is 5.22. The predicted molar refractivity (Wildman–Crippen MR) is 106 cm³/mol. The van der Waals surface area contributed by atoms with Gasteiger partial charge in [-0.05, 0) is 43.5 Å². The first-order valence-corrected chi connectivity index (χ1v) is 9.80. The Hall–Kier alpha value is -2.61. The predicted octanol–water partition coefficient (Wildman–Crippen LogP) is 0.979. The van der Waals surface area contributed by atoms with Crippen LogP contribution in [-0.4, -0.2) is 68.6 Å². The van der Waals surface area contributed by atoms with Crippen molar-refractivity contribution in [3.63, 3.8) is 0 Å². The molecule has 2 N–H and O–H groups in total. The van der Waals surface area contributed by atoms with Crippen LogP contribution in [0.4, 0.5) is 11.4 Å². The summed E-state index contributed by atoms with van der Waals surface area (Å²) in [4.78, 5) is 40.2. The second kappa shape index (κ2) is 9.54. The highest BCUT2D eigenvalue weighted by Gasteiger charge is 2.33. The fourth-order valence-corrected chi connectivity index (χ4v) is 3.71. The number of piperazine rings is 1. The Morgan fingerprint density at radius 1 is 1.14 bits per heavy atom. The van der Waals surface area contributed by atoms with Gasteiger partial charge in [-0.15, -0.1) is 0 Å². The molecule has 0 saturated carbocycles. The van der Waals surface area contributed by atoms with Crippen molar-refractivity contribution in [3.05, 3.63) is 24.3 Å². The quantitative estimate of drug-likeness (QED) is 0.706. The number of amides is 2. The van der Waals surface area contributed by atoms with E-state index in [2.05, 4.69) is 20.3 Å². The number of esters is 1. The van der Waals surface area contributed by atoms with E-state index >= 15 is 0 Å². The van der Waals surface area contributed by atoms with Gasteiger partial charge < -0.3 is 20.3 Å². The van der Waals surface area contributed by atoms with E-state index in [9.17, 15) is 14.4 Å². The molecule has 2 aliphatic rings. The number of nitrogens with zero attached hydrogens (tertiary/aromatic N) is 2. The van der Waals surface area contributed by atoms with Gasteiger partial charge in [0.15, 0.2) is 0 Å². The lowest BCUT2D eigenvalue weighted by Crippen LogP contribution is -2.57. The molecule has 3 rings (SSSR count). The minimum Gasteiger partial charge on any atom is -0.469 e. The summed E-state index contributed by atoms with van der Waals surface area (Å²) in [5, 5.41) is 5.60. The smallest absolute Gasteiger partial charge is 0.307 e. The number of rotatable bonds is 6. The number of piperidine rings is 1. The summed E-state index contributed by atoms with van der Waals surface area (Å²) in [6.45, 7) is 3.15. The van der Waals surface area contributed by atoms with Crippen molar-refractivity contribution in [1.29, 1.82) is 0 Å². The fourth-order valence-electron chi connectivity index (χ4n) is 3.71. The first-order chi connectivity index (χ1) is 13.6. The number of hydrogen-bond donors (Lipinski definition) is 2. The summed E-state index contributed by atoms with van der Waals surface area (Å²) in [6, 6.07) is 7.16. The van der Waals surface area contributed by atoms with E-state index in [1.54, 1.807) is 4.90 Å². The van der Waals surface area contributed by atoms with Crippen LogP contribution in [0.15, 0.2) is 24.3 Å². The number of carbonyl (C=O) groups is 3. The maximum absolute atomic E-state index is 12.5. The average Bonchev–Trinajstić information content (AvgIpc) is 2.71. The zero-order valence-corrected chi connectivity index (χ0v) is 16.3. The maximum Gasteiger partial charge on any atom is 0.307 e. The van der Waals surface area contributed by atoms with Crippen LogP contribution >= 0.6 is 0 Å². The standard InChI is InChI=1S/C20H28N4O4/c1-28-19(26)13-17-20(27)21-9-12-24(17)14-18(25)22-15-5-7-16(8-6-15)23-10-3-2-4-11-23/h5-8,17H,2-4,9-14H2,1H3,(H,21,27)(H,22,25)/t17-/m0/s1. The van der Waals surface area contributed by atoms with Crippen molar-refractivity contribution in [3.8, 4) is 0 Å². The largest absolute Gasteiger partial charge is 0.469 e. The van der Waals surface area contributed by atoms with E-state index in [0.717, 1.165) is 18.8 Å². The van der Waals surface area contributed by atoms with Gasteiger partial charge in [-0.3, -0.25) is 19.3 Å². The molecule has 152 valence electrons. The third-order valence-corrected chi connectivity index (χ3v) is 5.25. The molecule has 1 aromatic carbocycles. The third-order valence-electron chi connectivity index (χ3n) is 5.25. The minimum absolute atomic E-state index is 0.0446. The molecule has 2 amide bonds. The van der Waals surface area contributed by atoms with Crippen molar-refractivity contribution in [2.24, 2.45) is 0 Å². The molecular weight excluding hydrogens is 360 g/mol. The molecular formula is C20H28N4O4. The second-order valence-electron chi connectivity index (χ2n) is 7.20. The Morgan fingerprint density at radius 2 is 1.86 bits per heavy atom. The van der Waals surface area contributed by atoms with Crippen molar-refractivity contribution < 1.29 is 19.1 Å². The maximum atomic E-state index is 12.5. The van der Waals surface area contributed by atoms with Crippen molar-refractivity contribution in [2.75, 3.05) is 50.1 Å². The topological polar surface area (TPSA) is 91.0 Å². The van der Waals surface area contributed by atoms with E-state index in [0.29, 0.717) is 13.1 Å². The first-order valence-electron chi connectivity index (χ1n) is 9.80. The molecule has 0 bridgehead atoms. The van der Waals surface area contributed by atoms with E-state index in [4.69, 9.17) is 0 Å². The van der Waals surface area contributed by atoms with E-state index < -0.39 is 12.0 Å². The second-order valence-corrected chi connectivity index (χ2v) is 7.20. The van der Waals surface area contributed by atoms with Gasteiger partial charge in [-0.25, -0.2) is 0 Å². The molecule has 1 aromatic rings. The van der Waals surface area contributed by atoms with Crippen LogP contribution in [0.25, 0.3) is 0 Å². The molecule has 2 saturated heterocycles. The summed E-state index contributed by atoms with van der Waals surface area (Å²) in [5.41, 5.74) is 1.89. The van der Waals surface area contributed by atoms with E-state index in [1.165, 1.54) is 32.1 Å². The minimum atomic E-state index is -0.687. The van der Waals surface area contributed by atoms with Gasteiger partial charge in [-0.1, -0.05) is 0 Å². The SMILES string of the molecule is COC(=O)C[C@H]1C(=O)NCCN1CC(=O)Nc1ccc(N2CCCCC2)cc1. The van der Waals surface area contributed by atoms with Crippen LogP contribution in [0.3, 0.4) is 0 Å². The number of nitrogens with one attached hydrogen (secondary N) is 2. The lowest BCUT2D eigenvalue weighted by Gasteiger charge is -2.33. The first kappa shape index (κ1) is 20.1. The Morgan fingerprint density at radius 3 is 2.54 bits per heavy atom. The number of methoxy groups -OCH3 is 1. The van der Waals surface area contributed by atoms with Gasteiger partial charge >= 0.3 is 5.97 Å². The molecule has 0 spiro atoms. The summed E-state index contributed by atoms with van der Waals surface area (Å²) in [6.07, 6.45) is 3.65. The van der Waals surface area contributed by atoms with Gasteiger partial charge in [0.1, 0.15) is 6.04 Å². The molecule has 28 heavy (non-hydrogen) atoms. The monoisotopic (exact) mass is 388 g/mol. The summed E-state index contributed by atoms with van der Waals surface area (Å²) in [5.74, 6) is -0.939. The molecule has 8 heteroatoms. The summed E-state index contributed by atoms with van der Waals surface area (Å²) >= 11 is 0. The Balaban J connectivity index is 1.56. The van der Waals surface area contributed by atoms with Gasteiger partial charge in [0.2, 0.25) is 11.8 Å². The van der Waals surface area contributed by atoms with Gasteiger partial charge in [0.25, 0.3) is 0 Å². The Bertz CT molecular complexity index is 701. The van der Waals surface area contributed by atoms with Crippen LogP contribution < -0.4 is 15.5 Å². The molecule has 2 aliphatic heterocycles. The molecule has 8 nitrogen and oxygen atoms in total. The van der Waals surface area contributed by atoms with Crippen LogP contribution in [0.1, 0.15) is 25.7 Å². The molecule has 2 heterocycles. The highest BCUT2D eigenvalue weighted by atomic mass is 16.5. The molecule has 1 atom stereocenters. The van der Waals surface area contributed by atoms with Gasteiger partial charge in [-0.2, -0.15) is 0 Å². The van der Waals surface area contributed by atoms with E-state index in [1.807, 2.05) is 24.3 Å². The van der Waals surface area contributed by atoms with Crippen molar-refractivity contribution in [1.82, 2.24) is 10.2 Å². The lowest BCUT2D eigenvalue weighted by molar-refractivity contribution is -0.146. The van der Waals surface area contributed by atoms with E-state index in [-0.39, 0.29) is 24.8 Å². The molecule has 0 aromatic heterocycles. The van der Waals surface area contributed by atoms with Crippen molar-refractivity contribution in [2.45, 2.75) is 31.7 Å². The van der Waals surface area contributed by atoms with Crippen LogP contribution in [0.2, 0.25) is 0 Å². The van der Waals surface area contributed by atoms with Gasteiger partial charge in [0, 0.05) is 37.6 Å². The Kier molecular flexibility index (Phi) is 6.86. The fraction of sp³-hybridized carbons (Fsp3) is 0.550. The van der Waals surface area contributed by atoms with Crippen molar-refractivity contribution >= 4 is 29.2 Å². The average molecular weight is 388 g/mol. The number of hydrogen-bond acceptors (Lipinski definition) is 6. The molecule has 0 aliphatic carbocycles. The molecule has 0 radical (unpaired) electrons. The highest BCUT2D eigenvalue weighted by Crippen LogP contribution is 2.22. The normalized spacial score (nSPS) is 20.4. The zero-order valence-electron chi connectivity index (χ0n) is 16.3. The summed E-state index contributed by atoms with van der Waals surface area (Å²) < 4.78 is 4.66. The Labute approximate surface area is 165 Å². The number of carbonyl (C=O) groups excluding carboxylic acids is 3. The molecule has 2 fully saturated rings. The summed E-state index contributed by atoms with van der Waals surface area (Å²) in [7, 11) is 1.29. The molecule has 0 unspecified atom stereocenters. The van der Waals surface area contributed by atoms with Crippen LogP contribution in [-0.2, 0) is 19.1 Å². The number of benzene rings is 1.